The highest BCUT2D eigenvalue weighted by atomic mass is 16.3. The number of hydrogen-bond donors (Lipinski definition) is 1. The first kappa shape index (κ1) is 43.0. The third-order valence-electron chi connectivity index (χ3n) is 14.1. The smallest absolute Gasteiger partial charge is 0.149 e. The fraction of sp³-hybridized carbons (Fsp3) is 0.206. The van der Waals surface area contributed by atoms with Crippen LogP contribution in [0.1, 0.15) is 113 Å². The Hall–Kier alpha value is -7.82. The molecule has 10 aromatic rings. The molecule has 72 heavy (non-hydrogen) atoms. The molecule has 358 valence electrons. The van der Waals surface area contributed by atoms with Crippen LogP contribution in [0.3, 0.4) is 0 Å². The molecule has 0 aliphatic rings. The maximum Gasteiger partial charge on any atom is 0.149 e. The van der Waals surface area contributed by atoms with Crippen molar-refractivity contribution in [1.82, 2.24) is 14.5 Å². The van der Waals surface area contributed by atoms with Crippen molar-refractivity contribution >= 4 is 11.0 Å². The van der Waals surface area contributed by atoms with Crippen molar-refractivity contribution in [2.45, 2.75) is 92.3 Å². The molecule has 0 atom stereocenters. The summed E-state index contributed by atoms with van der Waals surface area (Å²) in [4.78, 5) is 10.6. The van der Waals surface area contributed by atoms with Crippen molar-refractivity contribution < 1.29 is 10.6 Å². The van der Waals surface area contributed by atoms with Crippen LogP contribution in [0.25, 0.3) is 95.0 Å². The molecule has 0 fully saturated rings. The first-order valence-corrected chi connectivity index (χ1v) is 25.2. The third kappa shape index (κ3) is 9.30. The van der Waals surface area contributed by atoms with Gasteiger partial charge < -0.3 is 5.11 Å². The van der Waals surface area contributed by atoms with Crippen LogP contribution < -0.4 is 0 Å². The number of fused-ring (bicyclic) bond motifs is 1. The zero-order valence-corrected chi connectivity index (χ0v) is 42.8. The van der Waals surface area contributed by atoms with Gasteiger partial charge in [-0.1, -0.05) is 190 Å². The quantitative estimate of drug-likeness (QED) is 0.141. The number of aromatic hydroxyl groups is 1. The van der Waals surface area contributed by atoms with E-state index in [-0.39, 0.29) is 28.6 Å². The normalized spacial score (nSPS) is 13.0. The van der Waals surface area contributed by atoms with Crippen LogP contribution in [0.4, 0.5) is 0 Å². The van der Waals surface area contributed by atoms with E-state index in [1.165, 1.54) is 5.56 Å². The molecule has 0 aliphatic heterocycles. The Morgan fingerprint density at radius 2 is 1.15 bits per heavy atom. The molecule has 0 unspecified atom stereocenters. The Bertz CT molecular complexity index is 3750. The van der Waals surface area contributed by atoms with E-state index >= 15 is 0 Å². The number of rotatable bonds is 11. The molecule has 1 N–H and O–H groups in total. The molecule has 0 bridgehead atoms. The molecule has 0 radical (unpaired) electrons. The maximum absolute atomic E-state index is 12.6. The summed E-state index contributed by atoms with van der Waals surface area (Å²) in [6.45, 7) is 16.4. The number of phenolic OH excluding ortho intramolecular Hbond substituents is 1. The standard InChI is InChI=1S/C68H65N3O/c1-42(2)46-24-26-48(27-25-46)51-32-33-69-62(40-51)55-36-53(47-18-13-11-14-19-47)35-54(37-55)57-22-17-23-63-65(57)70-67(61-39-52(43(3)4)38-58(44(5)6)66(61)72)71(63)64-34-45(7)59(49-20-15-12-16-21-49)41-60(64)50-28-30-56(31-29-50)68(8,9)10/h11-44,72H,1-10H3/i7D3,42D. The number of benzene rings is 8. The Kier molecular flexibility index (Phi) is 11.6. The van der Waals surface area contributed by atoms with Crippen molar-refractivity contribution in [2.24, 2.45) is 0 Å². The van der Waals surface area contributed by atoms with Gasteiger partial charge in [0.1, 0.15) is 11.6 Å². The largest absolute Gasteiger partial charge is 0.507 e. The van der Waals surface area contributed by atoms with Gasteiger partial charge in [-0.05, 0) is 157 Å². The van der Waals surface area contributed by atoms with E-state index in [2.05, 4.69) is 150 Å². The lowest BCUT2D eigenvalue weighted by atomic mass is 9.85. The van der Waals surface area contributed by atoms with Gasteiger partial charge >= 0.3 is 0 Å². The van der Waals surface area contributed by atoms with E-state index < -0.39 is 12.7 Å². The van der Waals surface area contributed by atoms with Crippen molar-refractivity contribution in [3.63, 3.8) is 0 Å². The summed E-state index contributed by atoms with van der Waals surface area (Å²) in [5.41, 5.74) is 17.5. The van der Waals surface area contributed by atoms with Gasteiger partial charge in [0.25, 0.3) is 0 Å². The summed E-state index contributed by atoms with van der Waals surface area (Å²) >= 11 is 0. The predicted octanol–water partition coefficient (Wildman–Crippen LogP) is 18.8. The van der Waals surface area contributed by atoms with Crippen LogP contribution in [-0.4, -0.2) is 19.6 Å². The lowest BCUT2D eigenvalue weighted by Crippen LogP contribution is -2.10. The molecular weight excluding hydrogens is 875 g/mol. The second-order valence-corrected chi connectivity index (χ2v) is 21.0. The lowest BCUT2D eigenvalue weighted by molar-refractivity contribution is 0.466. The van der Waals surface area contributed by atoms with Gasteiger partial charge in [0.2, 0.25) is 0 Å². The van der Waals surface area contributed by atoms with Crippen LogP contribution in [0, 0.1) is 6.85 Å². The maximum atomic E-state index is 12.6. The Morgan fingerprint density at radius 1 is 0.514 bits per heavy atom. The summed E-state index contributed by atoms with van der Waals surface area (Å²) in [5.74, 6) is 0.0587. The van der Waals surface area contributed by atoms with Crippen molar-refractivity contribution in [3.8, 4) is 89.7 Å². The van der Waals surface area contributed by atoms with Gasteiger partial charge in [-0.2, -0.15) is 0 Å². The number of phenols is 1. The average molecular weight is 944 g/mol. The third-order valence-corrected chi connectivity index (χ3v) is 14.1. The fourth-order valence-corrected chi connectivity index (χ4v) is 9.88. The summed E-state index contributed by atoms with van der Waals surface area (Å²) < 4.78 is 38.0. The second kappa shape index (κ2) is 19.4. The summed E-state index contributed by atoms with van der Waals surface area (Å²) in [6, 6.07) is 61.8. The van der Waals surface area contributed by atoms with Gasteiger partial charge in [0.05, 0.1) is 28.0 Å². The topological polar surface area (TPSA) is 50.9 Å². The molecule has 0 saturated heterocycles. The molecule has 0 spiro atoms. The summed E-state index contributed by atoms with van der Waals surface area (Å²) in [5, 5.41) is 12.6. The van der Waals surface area contributed by atoms with E-state index in [1.54, 1.807) is 0 Å². The summed E-state index contributed by atoms with van der Waals surface area (Å²) in [7, 11) is 0. The fourth-order valence-electron chi connectivity index (χ4n) is 9.88. The average Bonchev–Trinajstić information content (AvgIpc) is 3.84. The van der Waals surface area contributed by atoms with Crippen molar-refractivity contribution in [3.05, 3.63) is 216 Å². The number of nitrogens with zero attached hydrogens (tertiary/aromatic N) is 3. The molecular formula is C68H65N3O. The molecule has 8 aromatic carbocycles. The number of aromatic nitrogens is 3. The zero-order chi connectivity index (χ0) is 53.8. The van der Waals surface area contributed by atoms with Gasteiger partial charge in [-0.3, -0.25) is 9.55 Å². The van der Waals surface area contributed by atoms with Crippen molar-refractivity contribution in [1.29, 1.82) is 0 Å². The zero-order valence-electron chi connectivity index (χ0n) is 46.8. The van der Waals surface area contributed by atoms with Gasteiger partial charge in [0.15, 0.2) is 0 Å². The van der Waals surface area contributed by atoms with Crippen LogP contribution in [0.2, 0.25) is 0 Å². The Morgan fingerprint density at radius 3 is 1.81 bits per heavy atom. The minimum atomic E-state index is -2.50. The summed E-state index contributed by atoms with van der Waals surface area (Å²) in [6.07, 6.45) is 1.85. The molecule has 2 heterocycles. The number of pyridine rings is 1. The van der Waals surface area contributed by atoms with E-state index in [0.717, 1.165) is 83.5 Å². The van der Waals surface area contributed by atoms with Gasteiger partial charge in [-0.25, -0.2) is 4.98 Å². The van der Waals surface area contributed by atoms with Crippen LogP contribution in [0.5, 0.6) is 5.75 Å². The molecule has 4 heteroatoms. The first-order chi connectivity index (χ1) is 36.1. The van der Waals surface area contributed by atoms with E-state index in [1.807, 2.05) is 105 Å². The van der Waals surface area contributed by atoms with Crippen LogP contribution >= 0.6 is 0 Å². The van der Waals surface area contributed by atoms with Crippen LogP contribution in [0.15, 0.2) is 188 Å². The molecule has 0 amide bonds. The lowest BCUT2D eigenvalue weighted by Gasteiger charge is -2.22. The molecule has 10 rings (SSSR count). The Balaban J connectivity index is 1.29. The van der Waals surface area contributed by atoms with Gasteiger partial charge in [0, 0.05) is 28.4 Å². The second-order valence-electron chi connectivity index (χ2n) is 21.0. The SMILES string of the molecule is [2H]C([2H])([2H])c1cc(-n2c(-c3cc(C(C)C)cc(C(C)C)c3O)nc3c(-c4cc(-c5ccccc5)cc(-c5cc(-c6ccc(C([2H])(C)C)cc6)ccn5)c4)cccc32)c(-c2ccc(C(C)(C)C)cc2)cc1-c1ccccc1. The monoisotopic (exact) mass is 944 g/mol. The van der Waals surface area contributed by atoms with Crippen molar-refractivity contribution in [2.75, 3.05) is 0 Å². The minimum Gasteiger partial charge on any atom is -0.507 e. The van der Waals surface area contributed by atoms with Crippen LogP contribution in [-0.2, 0) is 5.41 Å². The predicted molar refractivity (Wildman–Crippen MR) is 304 cm³/mol. The Labute approximate surface area is 432 Å². The minimum absolute atomic E-state index is 0.00365. The molecule has 0 saturated carbocycles. The highest BCUT2D eigenvalue weighted by Gasteiger charge is 2.26. The van der Waals surface area contributed by atoms with E-state index in [4.69, 9.17) is 15.5 Å². The molecule has 4 nitrogen and oxygen atoms in total. The number of para-hydroxylation sites is 1. The highest BCUT2D eigenvalue weighted by molar-refractivity contribution is 5.99. The molecule has 0 aliphatic carbocycles. The highest BCUT2D eigenvalue weighted by Crippen LogP contribution is 2.46. The van der Waals surface area contributed by atoms with Gasteiger partial charge in [-0.15, -0.1) is 0 Å². The molecule has 2 aromatic heterocycles. The van der Waals surface area contributed by atoms with E-state index in [0.29, 0.717) is 28.2 Å². The van der Waals surface area contributed by atoms with E-state index in [9.17, 15) is 5.11 Å². The number of hydrogen-bond acceptors (Lipinski definition) is 3. The number of imidazole rings is 1. The number of aryl methyl sites for hydroxylation is 1. The first-order valence-electron chi connectivity index (χ1n) is 27.2.